The molecule has 2 nitrogen and oxygen atoms in total. The molecule has 0 aliphatic rings. The predicted octanol–water partition coefficient (Wildman–Crippen LogP) is 5.94. The second kappa shape index (κ2) is 6.80. The number of benzene rings is 2. The van der Waals surface area contributed by atoms with Gasteiger partial charge in [0.15, 0.2) is 5.78 Å². The van der Waals surface area contributed by atoms with E-state index in [0.717, 1.165) is 0 Å². The normalized spacial score (nSPS) is 11.8. The van der Waals surface area contributed by atoms with Crippen molar-refractivity contribution in [2.24, 2.45) is 0 Å². The largest absolute Gasteiger partial charge is 0.289 e. The number of aromatic nitrogens is 1. The molecule has 3 aromatic rings. The summed E-state index contributed by atoms with van der Waals surface area (Å²) in [6, 6.07) is 9.43. The Kier molecular flexibility index (Phi) is 4.84. The number of nitrogens with zero attached hydrogens (tertiary/aromatic N) is 1. The molecule has 3 rings (SSSR count). The fraction of sp³-hybridized carbons (Fsp3) is 0.238. The minimum absolute atomic E-state index is 0.212. The fourth-order valence-electron chi connectivity index (χ4n) is 2.64. The number of para-hydroxylation sites is 1. The molecule has 0 saturated carbocycles. The molecule has 0 radical (unpaired) electrons. The van der Waals surface area contributed by atoms with Crippen LogP contribution in [0.25, 0.3) is 10.9 Å². The topological polar surface area (TPSA) is 30.0 Å². The molecule has 1 heterocycles. The fourth-order valence-corrected chi connectivity index (χ4v) is 3.78. The van der Waals surface area contributed by atoms with Crippen LogP contribution in [0.15, 0.2) is 47.5 Å². The first-order valence-electron chi connectivity index (χ1n) is 8.24. The van der Waals surface area contributed by atoms with E-state index < -0.39 is 5.82 Å². The van der Waals surface area contributed by atoms with E-state index in [0.29, 0.717) is 27.0 Å². The molecular weight excluding hydrogens is 352 g/mol. The maximum Gasteiger partial charge on any atom is 0.195 e. The van der Waals surface area contributed by atoms with Crippen LogP contribution >= 0.6 is 11.8 Å². The number of ketones is 1. The Morgan fingerprint density at radius 1 is 1.12 bits per heavy atom. The molecule has 0 aliphatic heterocycles. The standard InChI is InChI=1S/C21H19F2NOS/c1-12-8-9-15(20(17(12)23)26-21(2,3)4)19(25)14-10-13-6-5-7-16(22)18(13)24-11-14/h5-11H,1-4H3. The van der Waals surface area contributed by atoms with Crippen molar-refractivity contribution in [3.8, 4) is 0 Å². The average Bonchev–Trinajstić information content (AvgIpc) is 2.57. The van der Waals surface area contributed by atoms with E-state index in [-0.39, 0.29) is 21.9 Å². The Labute approximate surface area is 155 Å². The number of halogens is 2. The molecule has 0 saturated heterocycles. The smallest absolute Gasteiger partial charge is 0.195 e. The molecule has 2 aromatic carbocycles. The van der Waals surface area contributed by atoms with Gasteiger partial charge in [-0.1, -0.05) is 39.0 Å². The van der Waals surface area contributed by atoms with Crippen LogP contribution in [0.3, 0.4) is 0 Å². The van der Waals surface area contributed by atoms with Gasteiger partial charge in [-0.25, -0.2) is 8.78 Å². The van der Waals surface area contributed by atoms with Crippen LogP contribution in [0.2, 0.25) is 0 Å². The molecule has 0 aliphatic carbocycles. The van der Waals surface area contributed by atoms with Crippen LogP contribution in [0.1, 0.15) is 42.3 Å². The number of pyridine rings is 1. The van der Waals surface area contributed by atoms with Crippen LogP contribution in [0, 0.1) is 18.6 Å². The number of hydrogen-bond acceptors (Lipinski definition) is 3. The number of rotatable bonds is 3. The van der Waals surface area contributed by atoms with Gasteiger partial charge in [-0.2, -0.15) is 0 Å². The molecule has 0 N–H and O–H groups in total. The van der Waals surface area contributed by atoms with Crippen LogP contribution < -0.4 is 0 Å². The van der Waals surface area contributed by atoms with Gasteiger partial charge in [-0.15, -0.1) is 11.8 Å². The monoisotopic (exact) mass is 371 g/mol. The molecule has 0 unspecified atom stereocenters. The van der Waals surface area contributed by atoms with Gasteiger partial charge >= 0.3 is 0 Å². The molecule has 0 fully saturated rings. The number of fused-ring (bicyclic) bond motifs is 1. The third-order valence-corrected chi connectivity index (χ3v) is 5.08. The zero-order valence-corrected chi connectivity index (χ0v) is 15.9. The molecule has 1 aromatic heterocycles. The number of carbonyl (C=O) groups is 1. The summed E-state index contributed by atoms with van der Waals surface area (Å²) < 4.78 is 28.3. The van der Waals surface area contributed by atoms with E-state index in [1.165, 1.54) is 24.0 Å². The van der Waals surface area contributed by atoms with Gasteiger partial charge in [0.05, 0.1) is 4.90 Å². The SMILES string of the molecule is Cc1ccc(C(=O)c2cnc3c(F)cccc3c2)c(SC(C)(C)C)c1F. The van der Waals surface area contributed by atoms with Crippen molar-refractivity contribution in [2.75, 3.05) is 0 Å². The van der Waals surface area contributed by atoms with E-state index in [4.69, 9.17) is 0 Å². The molecule has 5 heteroatoms. The van der Waals surface area contributed by atoms with Gasteiger partial charge in [-0.3, -0.25) is 9.78 Å². The first-order valence-corrected chi connectivity index (χ1v) is 9.06. The summed E-state index contributed by atoms with van der Waals surface area (Å²) >= 11 is 1.32. The Morgan fingerprint density at radius 2 is 1.85 bits per heavy atom. The molecular formula is C21H19F2NOS. The predicted molar refractivity (Wildman–Crippen MR) is 102 cm³/mol. The molecule has 134 valence electrons. The maximum absolute atomic E-state index is 14.7. The van der Waals surface area contributed by atoms with Gasteiger partial charge in [0.2, 0.25) is 0 Å². The molecule has 26 heavy (non-hydrogen) atoms. The summed E-state index contributed by atoms with van der Waals surface area (Å²) in [5, 5.41) is 0.536. The summed E-state index contributed by atoms with van der Waals surface area (Å²) in [6.45, 7) is 7.58. The van der Waals surface area contributed by atoms with Crippen molar-refractivity contribution in [1.29, 1.82) is 0 Å². The van der Waals surface area contributed by atoms with E-state index >= 15 is 0 Å². The second-order valence-corrected chi connectivity index (χ2v) is 8.99. The lowest BCUT2D eigenvalue weighted by atomic mass is 10.0. The van der Waals surface area contributed by atoms with Gasteiger partial charge in [-0.05, 0) is 30.7 Å². The number of thioether (sulfide) groups is 1. The van der Waals surface area contributed by atoms with Gasteiger partial charge in [0, 0.05) is 27.5 Å². The molecule has 0 bridgehead atoms. The average molecular weight is 371 g/mol. The minimum atomic E-state index is -0.438. The highest BCUT2D eigenvalue weighted by Gasteiger charge is 2.24. The Hall–Kier alpha value is -2.27. The minimum Gasteiger partial charge on any atom is -0.289 e. The van der Waals surface area contributed by atoms with Crippen LogP contribution in [-0.2, 0) is 0 Å². The quantitative estimate of drug-likeness (QED) is 0.421. The highest BCUT2D eigenvalue weighted by molar-refractivity contribution is 8.00. The van der Waals surface area contributed by atoms with Crippen molar-refractivity contribution in [3.63, 3.8) is 0 Å². The van der Waals surface area contributed by atoms with Crippen LogP contribution in [-0.4, -0.2) is 15.5 Å². The summed E-state index contributed by atoms with van der Waals surface area (Å²) in [5.74, 6) is -1.14. The van der Waals surface area contributed by atoms with E-state index in [2.05, 4.69) is 4.98 Å². The van der Waals surface area contributed by atoms with Crippen molar-refractivity contribution < 1.29 is 13.6 Å². The summed E-state index contributed by atoms with van der Waals surface area (Å²) in [5.41, 5.74) is 1.31. The van der Waals surface area contributed by atoms with Crippen LogP contribution in [0.5, 0.6) is 0 Å². The second-order valence-electron chi connectivity index (χ2n) is 7.15. The molecule has 0 spiro atoms. The van der Waals surface area contributed by atoms with Crippen molar-refractivity contribution >= 4 is 28.4 Å². The van der Waals surface area contributed by atoms with E-state index in [1.807, 2.05) is 20.8 Å². The molecule has 0 atom stereocenters. The van der Waals surface area contributed by atoms with Crippen molar-refractivity contribution in [1.82, 2.24) is 4.98 Å². The zero-order chi connectivity index (χ0) is 19.1. The van der Waals surface area contributed by atoms with Gasteiger partial charge < -0.3 is 0 Å². The Morgan fingerprint density at radius 3 is 2.54 bits per heavy atom. The zero-order valence-electron chi connectivity index (χ0n) is 15.1. The Bertz CT molecular complexity index is 1010. The lowest BCUT2D eigenvalue weighted by molar-refractivity contribution is 0.103. The van der Waals surface area contributed by atoms with E-state index in [9.17, 15) is 13.6 Å². The number of hydrogen-bond donors (Lipinski definition) is 0. The maximum atomic E-state index is 14.7. The molecule has 0 amide bonds. The first kappa shape index (κ1) is 18.5. The third kappa shape index (κ3) is 3.63. The van der Waals surface area contributed by atoms with Crippen molar-refractivity contribution in [2.45, 2.75) is 37.3 Å². The number of aryl methyl sites for hydroxylation is 1. The highest BCUT2D eigenvalue weighted by Crippen LogP contribution is 2.38. The Balaban J connectivity index is 2.12. The summed E-state index contributed by atoms with van der Waals surface area (Å²) in [7, 11) is 0. The lowest BCUT2D eigenvalue weighted by Crippen LogP contribution is -2.12. The summed E-state index contributed by atoms with van der Waals surface area (Å²) in [6.07, 6.45) is 1.34. The number of carbonyl (C=O) groups excluding carboxylic acids is 1. The third-order valence-electron chi connectivity index (χ3n) is 3.87. The van der Waals surface area contributed by atoms with Crippen LogP contribution in [0.4, 0.5) is 8.78 Å². The van der Waals surface area contributed by atoms with Gasteiger partial charge in [0.25, 0.3) is 0 Å². The van der Waals surface area contributed by atoms with E-state index in [1.54, 1.807) is 37.3 Å². The summed E-state index contributed by atoms with van der Waals surface area (Å²) in [4.78, 5) is 17.4. The first-order chi connectivity index (χ1) is 12.2. The lowest BCUT2D eigenvalue weighted by Gasteiger charge is -2.21. The van der Waals surface area contributed by atoms with Crippen molar-refractivity contribution in [3.05, 3.63) is 70.9 Å². The highest BCUT2D eigenvalue weighted by atomic mass is 32.2. The van der Waals surface area contributed by atoms with Gasteiger partial charge in [0.1, 0.15) is 17.2 Å².